The van der Waals surface area contributed by atoms with Crippen LogP contribution >= 0.6 is 0 Å². The number of nitrogens with zero attached hydrogens (tertiary/aromatic N) is 2. The molecule has 2 aromatic heterocycles. The number of furan rings is 1. The molecule has 0 bridgehead atoms. The van der Waals surface area contributed by atoms with Crippen molar-refractivity contribution in [3.05, 3.63) is 218 Å². The minimum Gasteiger partial charge on any atom is -0.456 e. The van der Waals surface area contributed by atoms with Crippen LogP contribution in [0.3, 0.4) is 0 Å². The zero-order valence-corrected chi connectivity index (χ0v) is 34.1. The van der Waals surface area contributed by atoms with Gasteiger partial charge in [-0.25, -0.2) is 0 Å². The number of aromatic nitrogens is 1. The van der Waals surface area contributed by atoms with E-state index in [2.05, 4.69) is 217 Å². The largest absolute Gasteiger partial charge is 0.456 e. The smallest absolute Gasteiger partial charge is 0.135 e. The number of hydrogen-bond acceptors (Lipinski definition) is 2. The molecule has 0 aliphatic heterocycles. The molecule has 0 saturated heterocycles. The number of fused-ring (bicyclic) bond motifs is 6. The van der Waals surface area contributed by atoms with E-state index in [-0.39, 0.29) is 0 Å². The summed E-state index contributed by atoms with van der Waals surface area (Å²) in [5.74, 6) is 0. The maximum absolute atomic E-state index is 6.13. The Morgan fingerprint density at radius 1 is 0.393 bits per heavy atom. The molecule has 0 N–H and O–H groups in total. The van der Waals surface area contributed by atoms with Crippen molar-refractivity contribution >= 4 is 60.8 Å². The summed E-state index contributed by atoms with van der Waals surface area (Å²) in [6.07, 6.45) is 3.56. The van der Waals surface area contributed by atoms with Crippen LogP contribution in [0.15, 0.2) is 217 Å². The molecule has 3 nitrogen and oxygen atoms in total. The average molecular weight is 785 g/mol. The molecule has 0 fully saturated rings. The predicted octanol–water partition coefficient (Wildman–Crippen LogP) is 16.5. The summed E-state index contributed by atoms with van der Waals surface area (Å²) in [6.45, 7) is 2.25. The monoisotopic (exact) mass is 784 g/mol. The van der Waals surface area contributed by atoms with Crippen molar-refractivity contribution in [1.82, 2.24) is 4.57 Å². The van der Waals surface area contributed by atoms with E-state index in [1.165, 1.54) is 62.5 Å². The standard InChI is InChI=1S/C58H44N2O/c1-2-3-10-40-17-19-41(20-18-40)42-21-30-47(31-22-42)59(49-34-27-45(28-35-49)46-29-38-58-54(39-46)53-13-6-9-16-57(53)61-58)48-32-23-43(24-33-48)44-25-36-50(37-26-44)60-55-14-7-4-11-51(55)52-12-5-8-15-56(52)60/h4-9,11-39H,2-3,10H2,1H3. The van der Waals surface area contributed by atoms with Crippen molar-refractivity contribution < 1.29 is 4.42 Å². The van der Waals surface area contributed by atoms with E-state index in [4.69, 9.17) is 4.42 Å². The van der Waals surface area contributed by atoms with Gasteiger partial charge in [0.25, 0.3) is 0 Å². The van der Waals surface area contributed by atoms with Gasteiger partial charge in [0, 0.05) is 44.3 Å². The van der Waals surface area contributed by atoms with E-state index in [1.807, 2.05) is 12.1 Å². The zero-order valence-electron chi connectivity index (χ0n) is 34.1. The van der Waals surface area contributed by atoms with Gasteiger partial charge < -0.3 is 13.9 Å². The van der Waals surface area contributed by atoms with Crippen molar-refractivity contribution in [1.29, 1.82) is 0 Å². The molecule has 3 heteroatoms. The lowest BCUT2D eigenvalue weighted by Gasteiger charge is -2.26. The van der Waals surface area contributed by atoms with Gasteiger partial charge in [-0.1, -0.05) is 147 Å². The molecule has 0 atom stereocenters. The molecule has 292 valence electrons. The fraction of sp³-hybridized carbons (Fsp3) is 0.0690. The van der Waals surface area contributed by atoms with Gasteiger partial charge in [-0.05, 0) is 131 Å². The molecule has 0 spiro atoms. The second-order valence-electron chi connectivity index (χ2n) is 16.0. The average Bonchev–Trinajstić information content (AvgIpc) is 3.87. The number of anilines is 3. The summed E-state index contributed by atoms with van der Waals surface area (Å²) in [5, 5.41) is 4.82. The number of unbranched alkanes of at least 4 members (excludes halogenated alkanes) is 1. The number of rotatable bonds is 10. The topological polar surface area (TPSA) is 21.3 Å². The molecule has 0 saturated carbocycles. The summed E-state index contributed by atoms with van der Waals surface area (Å²) in [7, 11) is 0. The Balaban J connectivity index is 0.923. The number of para-hydroxylation sites is 3. The first-order valence-corrected chi connectivity index (χ1v) is 21.4. The molecule has 2 heterocycles. The molecule has 9 aromatic carbocycles. The Bertz CT molecular complexity index is 3250. The summed E-state index contributed by atoms with van der Waals surface area (Å²) in [5.41, 5.74) is 17.2. The first-order valence-electron chi connectivity index (χ1n) is 21.4. The van der Waals surface area contributed by atoms with Crippen LogP contribution in [-0.2, 0) is 6.42 Å². The maximum atomic E-state index is 6.13. The van der Waals surface area contributed by atoms with Crippen molar-refractivity contribution in [2.24, 2.45) is 0 Å². The van der Waals surface area contributed by atoms with Crippen LogP contribution in [0, 0.1) is 0 Å². The van der Waals surface area contributed by atoms with Crippen LogP contribution in [0.2, 0.25) is 0 Å². The number of benzene rings is 9. The van der Waals surface area contributed by atoms with Gasteiger partial charge in [-0.15, -0.1) is 0 Å². The summed E-state index contributed by atoms with van der Waals surface area (Å²) in [6, 6.07) is 77.0. The first-order chi connectivity index (χ1) is 30.2. The maximum Gasteiger partial charge on any atom is 0.135 e. The van der Waals surface area contributed by atoms with Gasteiger partial charge in [0.1, 0.15) is 11.2 Å². The molecule has 61 heavy (non-hydrogen) atoms. The highest BCUT2D eigenvalue weighted by Gasteiger charge is 2.16. The predicted molar refractivity (Wildman–Crippen MR) is 258 cm³/mol. The van der Waals surface area contributed by atoms with E-state index >= 15 is 0 Å². The van der Waals surface area contributed by atoms with Crippen molar-refractivity contribution in [3.8, 4) is 39.1 Å². The number of aryl methyl sites for hydroxylation is 1. The molecular weight excluding hydrogens is 741 g/mol. The van der Waals surface area contributed by atoms with E-state index in [1.54, 1.807) is 0 Å². The minimum atomic E-state index is 0.908. The van der Waals surface area contributed by atoms with Crippen LogP contribution in [0.4, 0.5) is 17.1 Å². The van der Waals surface area contributed by atoms with Gasteiger partial charge in [0.05, 0.1) is 11.0 Å². The Labute approximate surface area is 356 Å². The Morgan fingerprint density at radius 3 is 1.36 bits per heavy atom. The lowest BCUT2D eigenvalue weighted by atomic mass is 10.0. The molecule has 0 amide bonds. The van der Waals surface area contributed by atoms with Crippen molar-refractivity contribution in [2.75, 3.05) is 4.90 Å². The SMILES string of the molecule is CCCCc1ccc(-c2ccc(N(c3ccc(-c4ccc(-n5c6ccccc6c6ccccc65)cc4)cc3)c3ccc(-c4ccc5oc6ccccc6c5c4)cc3)cc2)cc1. The lowest BCUT2D eigenvalue weighted by Crippen LogP contribution is -2.09. The van der Waals surface area contributed by atoms with Gasteiger partial charge >= 0.3 is 0 Å². The van der Waals surface area contributed by atoms with E-state index in [0.29, 0.717) is 0 Å². The highest BCUT2D eigenvalue weighted by Crippen LogP contribution is 2.39. The van der Waals surface area contributed by atoms with E-state index < -0.39 is 0 Å². The van der Waals surface area contributed by atoms with Gasteiger partial charge in [0.15, 0.2) is 0 Å². The Morgan fingerprint density at radius 2 is 0.820 bits per heavy atom. The molecule has 0 aliphatic rings. The Hall–Kier alpha value is -7.62. The second-order valence-corrected chi connectivity index (χ2v) is 16.0. The Kier molecular flexibility index (Phi) is 9.28. The van der Waals surface area contributed by atoms with Crippen LogP contribution in [0.5, 0.6) is 0 Å². The van der Waals surface area contributed by atoms with Crippen LogP contribution < -0.4 is 4.90 Å². The summed E-state index contributed by atoms with van der Waals surface area (Å²) in [4.78, 5) is 2.35. The third-order valence-electron chi connectivity index (χ3n) is 12.2. The van der Waals surface area contributed by atoms with Crippen molar-refractivity contribution in [2.45, 2.75) is 26.2 Å². The summed E-state index contributed by atoms with van der Waals surface area (Å²) < 4.78 is 8.49. The van der Waals surface area contributed by atoms with Crippen LogP contribution in [0.25, 0.3) is 82.8 Å². The van der Waals surface area contributed by atoms with E-state index in [0.717, 1.165) is 62.2 Å². The fourth-order valence-electron chi connectivity index (χ4n) is 9.01. The quantitative estimate of drug-likeness (QED) is 0.138. The third-order valence-corrected chi connectivity index (χ3v) is 12.2. The second kappa shape index (κ2) is 15.5. The zero-order chi connectivity index (χ0) is 40.7. The molecule has 11 rings (SSSR count). The highest BCUT2D eigenvalue weighted by atomic mass is 16.3. The molecule has 11 aromatic rings. The summed E-state index contributed by atoms with van der Waals surface area (Å²) >= 11 is 0. The minimum absolute atomic E-state index is 0.908. The van der Waals surface area contributed by atoms with Crippen LogP contribution in [-0.4, -0.2) is 4.57 Å². The normalized spacial score (nSPS) is 11.6. The molecule has 0 aliphatic carbocycles. The third kappa shape index (κ3) is 6.75. The number of hydrogen-bond donors (Lipinski definition) is 0. The molecule has 0 radical (unpaired) electrons. The highest BCUT2D eigenvalue weighted by molar-refractivity contribution is 6.09. The van der Waals surface area contributed by atoms with Gasteiger partial charge in [-0.2, -0.15) is 0 Å². The van der Waals surface area contributed by atoms with Gasteiger partial charge in [0.2, 0.25) is 0 Å². The molecular formula is C58H44N2O. The first kappa shape index (κ1) is 36.5. The lowest BCUT2D eigenvalue weighted by molar-refractivity contribution is 0.669. The van der Waals surface area contributed by atoms with Gasteiger partial charge in [-0.3, -0.25) is 0 Å². The molecule has 0 unspecified atom stereocenters. The van der Waals surface area contributed by atoms with Crippen LogP contribution in [0.1, 0.15) is 25.3 Å². The fourth-order valence-corrected chi connectivity index (χ4v) is 9.01. The van der Waals surface area contributed by atoms with E-state index in [9.17, 15) is 0 Å². The van der Waals surface area contributed by atoms with Crippen molar-refractivity contribution in [3.63, 3.8) is 0 Å².